The minimum atomic E-state index is -0.985. The maximum atomic E-state index is 13.6. The van der Waals surface area contributed by atoms with Crippen molar-refractivity contribution in [2.75, 3.05) is 0 Å². The van der Waals surface area contributed by atoms with Crippen LogP contribution in [0.25, 0.3) is 0 Å². The van der Waals surface area contributed by atoms with Gasteiger partial charge in [0.25, 0.3) is 0 Å². The first-order valence-electron chi connectivity index (χ1n) is 6.98. The first kappa shape index (κ1) is 15.8. The van der Waals surface area contributed by atoms with Crippen molar-refractivity contribution in [2.45, 2.75) is 44.1 Å². The first-order valence-corrected chi connectivity index (χ1v) is 7.39. The van der Waals surface area contributed by atoms with E-state index in [1.54, 1.807) is 0 Å². The summed E-state index contributed by atoms with van der Waals surface area (Å²) in [7, 11) is 0. The van der Waals surface area contributed by atoms with Crippen LogP contribution in [-0.2, 0) is 11.2 Å². The van der Waals surface area contributed by atoms with Crippen LogP contribution in [0.4, 0.5) is 8.78 Å². The van der Waals surface area contributed by atoms with Gasteiger partial charge in [0.15, 0.2) is 11.6 Å². The maximum absolute atomic E-state index is 13.6. The topological polar surface area (TPSA) is 55.1 Å². The molecule has 1 aromatic rings. The van der Waals surface area contributed by atoms with Gasteiger partial charge in [-0.3, -0.25) is 4.79 Å². The Bertz CT molecular complexity index is 557. The van der Waals surface area contributed by atoms with Gasteiger partial charge in [-0.15, -0.1) is 0 Å². The molecular weight excluding hydrogens is 294 g/mol. The van der Waals surface area contributed by atoms with Gasteiger partial charge in [-0.25, -0.2) is 8.78 Å². The van der Waals surface area contributed by atoms with Gasteiger partial charge in [-0.2, -0.15) is 0 Å². The summed E-state index contributed by atoms with van der Waals surface area (Å²) >= 11 is 5.09. The average molecular weight is 312 g/mol. The summed E-state index contributed by atoms with van der Waals surface area (Å²) in [5.41, 5.74) is 5.12. The first-order chi connectivity index (χ1) is 9.94. The summed E-state index contributed by atoms with van der Waals surface area (Å²) in [4.78, 5) is 12.4. The molecule has 0 radical (unpaired) electrons. The van der Waals surface area contributed by atoms with Gasteiger partial charge in [0.1, 0.15) is 0 Å². The zero-order valence-corrected chi connectivity index (χ0v) is 12.4. The summed E-state index contributed by atoms with van der Waals surface area (Å²) in [5, 5.41) is 2.83. The van der Waals surface area contributed by atoms with E-state index in [2.05, 4.69) is 5.32 Å². The largest absolute Gasteiger partial charge is 0.391 e. The molecule has 0 bridgehead atoms. The van der Waals surface area contributed by atoms with E-state index in [1.807, 2.05) is 0 Å². The quantitative estimate of drug-likeness (QED) is 0.840. The molecule has 0 atom stereocenters. The fourth-order valence-corrected chi connectivity index (χ4v) is 3.01. The van der Waals surface area contributed by atoms with E-state index in [9.17, 15) is 13.6 Å². The molecule has 3 nitrogen and oxygen atoms in total. The molecule has 1 aromatic carbocycles. The molecule has 0 saturated heterocycles. The number of nitrogens with one attached hydrogen (secondary N) is 1. The summed E-state index contributed by atoms with van der Waals surface area (Å²) in [6, 6.07) is 3.80. The molecule has 0 aliphatic heterocycles. The minimum Gasteiger partial charge on any atom is -0.391 e. The number of amides is 1. The smallest absolute Gasteiger partial charge is 0.225 e. The Morgan fingerprint density at radius 2 is 1.95 bits per heavy atom. The van der Waals surface area contributed by atoms with Crippen molar-refractivity contribution >= 4 is 23.1 Å². The fourth-order valence-electron chi connectivity index (χ4n) is 2.76. The van der Waals surface area contributed by atoms with Gasteiger partial charge in [-0.1, -0.05) is 43.6 Å². The second-order valence-corrected chi connectivity index (χ2v) is 5.88. The molecule has 3 N–H and O–H groups in total. The van der Waals surface area contributed by atoms with Gasteiger partial charge >= 0.3 is 0 Å². The highest BCUT2D eigenvalue weighted by atomic mass is 32.1. The van der Waals surface area contributed by atoms with Crippen LogP contribution in [0.5, 0.6) is 0 Å². The van der Waals surface area contributed by atoms with Crippen molar-refractivity contribution in [1.29, 1.82) is 0 Å². The van der Waals surface area contributed by atoms with Crippen LogP contribution >= 0.6 is 12.2 Å². The second-order valence-electron chi connectivity index (χ2n) is 5.44. The number of halogens is 2. The molecule has 1 aliphatic carbocycles. The number of hydrogen-bond donors (Lipinski definition) is 2. The predicted molar refractivity (Wildman–Crippen MR) is 80.8 cm³/mol. The Balaban J connectivity index is 2.09. The van der Waals surface area contributed by atoms with E-state index in [1.165, 1.54) is 12.1 Å². The van der Waals surface area contributed by atoms with Crippen LogP contribution in [0.1, 0.15) is 37.7 Å². The molecule has 1 fully saturated rings. The molecule has 0 aromatic heterocycles. The van der Waals surface area contributed by atoms with Crippen LogP contribution in [0, 0.1) is 11.6 Å². The lowest BCUT2D eigenvalue weighted by atomic mass is 9.81. The number of hydrogen-bond acceptors (Lipinski definition) is 2. The molecule has 114 valence electrons. The summed E-state index contributed by atoms with van der Waals surface area (Å²) in [6.45, 7) is 0. The Labute approximate surface area is 127 Å². The van der Waals surface area contributed by atoms with Gasteiger partial charge in [0.05, 0.1) is 16.9 Å². The monoisotopic (exact) mass is 312 g/mol. The van der Waals surface area contributed by atoms with Gasteiger partial charge in [-0.05, 0) is 18.9 Å². The normalized spacial score (nSPS) is 17.2. The maximum Gasteiger partial charge on any atom is 0.225 e. The lowest BCUT2D eigenvalue weighted by molar-refractivity contribution is -0.122. The zero-order chi connectivity index (χ0) is 15.5. The van der Waals surface area contributed by atoms with Crippen LogP contribution in [0.15, 0.2) is 18.2 Å². The molecule has 1 aliphatic rings. The van der Waals surface area contributed by atoms with Crippen molar-refractivity contribution in [1.82, 2.24) is 5.32 Å². The third-order valence-corrected chi connectivity index (χ3v) is 4.33. The molecule has 6 heteroatoms. The van der Waals surface area contributed by atoms with E-state index in [-0.39, 0.29) is 17.0 Å². The van der Waals surface area contributed by atoms with Gasteiger partial charge in [0, 0.05) is 5.56 Å². The van der Waals surface area contributed by atoms with Gasteiger partial charge < -0.3 is 11.1 Å². The summed E-state index contributed by atoms with van der Waals surface area (Å²) in [5.74, 6) is -2.34. The van der Waals surface area contributed by atoms with E-state index < -0.39 is 23.1 Å². The predicted octanol–water partition coefficient (Wildman–Crippen LogP) is 2.61. The van der Waals surface area contributed by atoms with Gasteiger partial charge in [0.2, 0.25) is 5.91 Å². The highest BCUT2D eigenvalue weighted by molar-refractivity contribution is 7.80. The van der Waals surface area contributed by atoms with Crippen LogP contribution in [-0.4, -0.2) is 16.4 Å². The van der Waals surface area contributed by atoms with Crippen molar-refractivity contribution in [3.05, 3.63) is 35.4 Å². The standard InChI is InChI=1S/C15H18F2N2OS/c16-11-6-4-5-10(13(11)17)9-12(20)19-15(14(18)21)7-2-1-3-8-15/h4-6H,1-3,7-9H2,(H2,18,21)(H,19,20). The number of thiocarbonyl (C=S) groups is 1. The van der Waals surface area contributed by atoms with E-state index in [0.717, 1.165) is 25.3 Å². The zero-order valence-electron chi connectivity index (χ0n) is 11.6. The molecule has 0 spiro atoms. The Morgan fingerprint density at radius 1 is 1.29 bits per heavy atom. The Morgan fingerprint density at radius 3 is 2.57 bits per heavy atom. The van der Waals surface area contributed by atoms with E-state index >= 15 is 0 Å². The molecular formula is C15H18F2N2OS. The number of benzene rings is 1. The van der Waals surface area contributed by atoms with Crippen LogP contribution in [0.2, 0.25) is 0 Å². The third-order valence-electron chi connectivity index (χ3n) is 3.94. The molecule has 1 amide bonds. The molecule has 0 unspecified atom stereocenters. The third kappa shape index (κ3) is 3.56. The molecule has 1 saturated carbocycles. The molecule has 2 rings (SSSR count). The van der Waals surface area contributed by atoms with E-state index in [0.29, 0.717) is 12.8 Å². The average Bonchev–Trinajstić information content (AvgIpc) is 2.44. The Hall–Kier alpha value is -1.56. The summed E-state index contributed by atoms with van der Waals surface area (Å²) < 4.78 is 26.7. The molecule has 21 heavy (non-hydrogen) atoms. The highest BCUT2D eigenvalue weighted by Gasteiger charge is 2.36. The fraction of sp³-hybridized carbons (Fsp3) is 0.467. The SMILES string of the molecule is NC(=S)C1(NC(=O)Cc2cccc(F)c2F)CCCCC1. The highest BCUT2D eigenvalue weighted by Crippen LogP contribution is 2.28. The number of nitrogens with two attached hydrogens (primary N) is 1. The van der Waals surface area contributed by atoms with Crippen LogP contribution in [0.3, 0.4) is 0 Å². The molecule has 0 heterocycles. The second kappa shape index (κ2) is 6.47. The number of rotatable bonds is 4. The van der Waals surface area contributed by atoms with Crippen molar-refractivity contribution in [3.8, 4) is 0 Å². The van der Waals surface area contributed by atoms with Crippen molar-refractivity contribution in [3.63, 3.8) is 0 Å². The Kier molecular flexibility index (Phi) is 4.88. The van der Waals surface area contributed by atoms with Crippen molar-refractivity contribution in [2.24, 2.45) is 5.73 Å². The lowest BCUT2D eigenvalue weighted by Gasteiger charge is -2.37. The van der Waals surface area contributed by atoms with Crippen LogP contribution < -0.4 is 11.1 Å². The lowest BCUT2D eigenvalue weighted by Crippen LogP contribution is -2.58. The van der Waals surface area contributed by atoms with Crippen molar-refractivity contribution < 1.29 is 13.6 Å². The minimum absolute atomic E-state index is 0.0291. The number of carbonyl (C=O) groups excluding carboxylic acids is 1. The van der Waals surface area contributed by atoms with E-state index in [4.69, 9.17) is 18.0 Å². The number of carbonyl (C=O) groups is 1. The summed E-state index contributed by atoms with van der Waals surface area (Å²) in [6.07, 6.45) is 4.12.